The normalized spacial score (nSPS) is 14.1. The molecule has 0 atom stereocenters. The lowest BCUT2D eigenvalue weighted by atomic mass is 10.1. The fourth-order valence-electron chi connectivity index (χ4n) is 7.41. The summed E-state index contributed by atoms with van der Waals surface area (Å²) in [5.74, 6) is 3.08. The van der Waals surface area contributed by atoms with E-state index in [2.05, 4.69) is 169 Å². The summed E-state index contributed by atoms with van der Waals surface area (Å²) < 4.78 is 3.20. The zero-order valence-electron chi connectivity index (χ0n) is 40.7. The largest absolute Gasteiger partial charge is 0.377 e. The zero-order chi connectivity index (χ0) is 50.4. The number of guanidine groups is 4. The minimum absolute atomic E-state index is 0.116. The van der Waals surface area contributed by atoms with Gasteiger partial charge in [-0.2, -0.15) is 0 Å². The van der Waals surface area contributed by atoms with Crippen molar-refractivity contribution < 1.29 is 4.79 Å². The molecule has 9 N–H and O–H groups in total. The number of halogens is 5. The summed E-state index contributed by atoms with van der Waals surface area (Å²) in [4.78, 5) is 34.4. The number of nitrogens with zero attached hydrogens (tertiary/aromatic N) is 7. The van der Waals surface area contributed by atoms with Crippen LogP contribution in [-0.2, 0) is 4.79 Å². The van der Waals surface area contributed by atoms with Crippen molar-refractivity contribution in [2.75, 3.05) is 136 Å². The van der Waals surface area contributed by atoms with Crippen molar-refractivity contribution in [1.29, 1.82) is 0 Å². The van der Waals surface area contributed by atoms with Gasteiger partial charge in [0.1, 0.15) is 0 Å². The van der Waals surface area contributed by atoms with Crippen LogP contribution in [0.25, 0.3) is 0 Å². The average molecular weight is 1180 g/mol. The van der Waals surface area contributed by atoms with Crippen LogP contribution in [0, 0.1) is 20.8 Å². The van der Waals surface area contributed by atoms with Gasteiger partial charge in [0.15, 0.2) is 23.8 Å². The predicted octanol–water partition coefficient (Wildman–Crippen LogP) is 8.91. The van der Waals surface area contributed by atoms with E-state index in [4.69, 9.17) is 23.2 Å². The fourth-order valence-corrected chi connectivity index (χ4v) is 10.4. The van der Waals surface area contributed by atoms with Crippen LogP contribution in [0.15, 0.2) is 81.9 Å². The third-order valence-corrected chi connectivity index (χ3v) is 13.1. The highest BCUT2D eigenvalue weighted by Gasteiger charge is 2.18. The summed E-state index contributed by atoms with van der Waals surface area (Å²) in [6, 6.07) is 15.3. The molecule has 0 aliphatic carbocycles. The number of aliphatic imine (C=N–C) groups is 4. The van der Waals surface area contributed by atoms with Gasteiger partial charge in [-0.1, -0.05) is 23.2 Å². The van der Waals surface area contributed by atoms with Gasteiger partial charge in [-0.05, 0) is 134 Å². The molecule has 22 heteroatoms. The molecule has 0 fully saturated rings. The maximum absolute atomic E-state index is 11.0. The number of carbonyl (C=O) groups is 1. The van der Waals surface area contributed by atoms with E-state index < -0.39 is 0 Å². The molecular weight excluding hydrogens is 1120 g/mol. The number of carbonyl (C=O) groups excluding carboxylic acids is 1. The molecule has 0 unspecified atom stereocenters. The van der Waals surface area contributed by atoms with Crippen LogP contribution in [0.3, 0.4) is 0 Å². The van der Waals surface area contributed by atoms with Gasteiger partial charge in [-0.3, -0.25) is 24.8 Å². The lowest BCUT2D eigenvalue weighted by Crippen LogP contribution is -2.27. The van der Waals surface area contributed by atoms with Crippen LogP contribution >= 0.6 is 71.0 Å². The van der Waals surface area contributed by atoms with Gasteiger partial charge in [0.05, 0.1) is 64.7 Å². The Kier molecular flexibility index (Phi) is 20.8. The molecule has 0 saturated carbocycles. The Morgan fingerprint density at radius 1 is 0.536 bits per heavy atom. The third kappa shape index (κ3) is 15.7. The molecule has 0 spiro atoms. The molecule has 17 nitrogen and oxygen atoms in total. The molecule has 0 aromatic heterocycles. The second kappa shape index (κ2) is 26.2. The van der Waals surface area contributed by atoms with Crippen LogP contribution in [0.5, 0.6) is 0 Å². The second-order valence-corrected chi connectivity index (χ2v) is 19.9. The summed E-state index contributed by atoms with van der Waals surface area (Å²) >= 11 is 23.0. The van der Waals surface area contributed by atoms with Crippen LogP contribution in [0.1, 0.15) is 23.6 Å². The van der Waals surface area contributed by atoms with Crippen molar-refractivity contribution in [2.24, 2.45) is 20.0 Å². The lowest BCUT2D eigenvalue weighted by Gasteiger charge is -2.22. The fraction of sp³-hybridized carbons (Fsp3) is 0.383. The topological polar surface area (TPSA) is 185 Å². The molecule has 4 aliphatic heterocycles. The summed E-state index contributed by atoms with van der Waals surface area (Å²) in [5, 5.41) is 29.7. The Morgan fingerprint density at radius 2 is 1.01 bits per heavy atom. The maximum Gasteiger partial charge on any atom is 0.221 e. The van der Waals surface area contributed by atoms with Crippen molar-refractivity contribution in [3.8, 4) is 0 Å². The van der Waals surface area contributed by atoms with Crippen molar-refractivity contribution in [3.05, 3.63) is 88.7 Å². The smallest absolute Gasteiger partial charge is 0.221 e. The number of hydrogen-bond donors (Lipinski definition) is 9. The molecular formula is C47H63Br3Cl2N16O. The molecule has 0 saturated heterocycles. The predicted molar refractivity (Wildman–Crippen MR) is 306 cm³/mol. The van der Waals surface area contributed by atoms with Crippen molar-refractivity contribution in [1.82, 2.24) is 21.3 Å². The monoisotopic (exact) mass is 1170 g/mol. The van der Waals surface area contributed by atoms with Gasteiger partial charge in [0, 0.05) is 106 Å². The van der Waals surface area contributed by atoms with Crippen LogP contribution in [0.4, 0.5) is 45.5 Å². The Balaban J connectivity index is 0.000000172. The first-order chi connectivity index (χ1) is 32.8. The van der Waals surface area contributed by atoms with E-state index in [0.717, 1.165) is 112 Å². The van der Waals surface area contributed by atoms with E-state index in [9.17, 15) is 4.79 Å². The van der Waals surface area contributed by atoms with Crippen molar-refractivity contribution >= 4 is 146 Å². The molecule has 1 amide bonds. The molecule has 4 heterocycles. The van der Waals surface area contributed by atoms with Gasteiger partial charge >= 0.3 is 0 Å². The van der Waals surface area contributed by atoms with E-state index in [0.29, 0.717) is 27.4 Å². The van der Waals surface area contributed by atoms with Gasteiger partial charge in [0.25, 0.3) is 0 Å². The zero-order valence-corrected chi connectivity index (χ0v) is 47.0. The Bertz CT molecular complexity index is 2590. The summed E-state index contributed by atoms with van der Waals surface area (Å²) in [7, 11) is 12.2. The summed E-state index contributed by atoms with van der Waals surface area (Å²) in [5.41, 5.74) is 11.5. The van der Waals surface area contributed by atoms with Crippen molar-refractivity contribution in [3.63, 3.8) is 0 Å². The molecule has 4 aliphatic rings. The quantitative estimate of drug-likeness (QED) is 0.0818. The minimum atomic E-state index is -0.116. The molecule has 69 heavy (non-hydrogen) atoms. The van der Waals surface area contributed by atoms with Gasteiger partial charge in [-0.25, -0.2) is 0 Å². The standard InChI is InChI=1S/C12H16Br2N4.C12H17BrN4.C12H17ClN4.C11H13ClN4O/c1-7-10(17-12-15-4-5-16-12)8(13)6-9(14)11(7)18(2)3;1-8-10(16-12-14-6-7-15-12)5-4-9(13)11(8)17(2)3;1-8-10(17(2)3)5-4-9(13)11(8)16-12-14-6-7-15-12;1-7(17)15-8-2-3-9(12)10(6-8)16-11-13-4-5-14-11/h6H,4-5H2,1-3H3,(H2,15,16,17);2*4-5H,6-7H2,1-3H3,(H2,14,15,16);2-3,6H,4-5H2,1H3,(H,15,17)(H2,13,14,16). The highest BCUT2D eigenvalue weighted by Crippen LogP contribution is 2.39. The van der Waals surface area contributed by atoms with E-state index >= 15 is 0 Å². The number of benzene rings is 4. The first-order valence-electron chi connectivity index (χ1n) is 22.2. The van der Waals surface area contributed by atoms with E-state index in [1.807, 2.05) is 54.4 Å². The maximum atomic E-state index is 11.0. The molecule has 0 radical (unpaired) electrons. The number of rotatable bonds is 8. The van der Waals surface area contributed by atoms with Gasteiger partial charge in [0.2, 0.25) is 5.91 Å². The highest BCUT2D eigenvalue weighted by atomic mass is 79.9. The molecule has 4 aromatic carbocycles. The molecule has 0 bridgehead atoms. The molecule has 8 rings (SSSR count). The van der Waals surface area contributed by atoms with Crippen molar-refractivity contribution in [2.45, 2.75) is 27.7 Å². The molecule has 372 valence electrons. The van der Waals surface area contributed by atoms with E-state index in [-0.39, 0.29) is 5.91 Å². The average Bonchev–Trinajstić information content (AvgIpc) is 4.14. The van der Waals surface area contributed by atoms with Gasteiger partial charge in [-0.15, -0.1) is 0 Å². The first-order valence-corrected chi connectivity index (χ1v) is 25.3. The SMILES string of the molecule is CC(=O)Nc1ccc(Cl)c(NC2=NCCN2)c1.Cc1c(N(C)C)ccc(Cl)c1NC1=NCCN1.Cc1c(NC2=NCCN2)c(Br)cc(Br)c1N(C)C.Cc1c(NC2=NCCN2)ccc(Br)c1N(C)C. The Labute approximate surface area is 441 Å². The second-order valence-electron chi connectivity index (χ2n) is 16.5. The summed E-state index contributed by atoms with van der Waals surface area (Å²) in [6.07, 6.45) is 0. The molecule has 4 aromatic rings. The lowest BCUT2D eigenvalue weighted by molar-refractivity contribution is -0.114. The van der Waals surface area contributed by atoms with E-state index in [1.54, 1.807) is 18.2 Å². The van der Waals surface area contributed by atoms with E-state index in [1.165, 1.54) is 29.4 Å². The number of hydrogen-bond acceptors (Lipinski definition) is 16. The van der Waals surface area contributed by atoms with Gasteiger partial charge < -0.3 is 62.6 Å². The summed E-state index contributed by atoms with van der Waals surface area (Å²) in [6.45, 7) is 14.5. The first kappa shape index (κ1) is 54.8. The van der Waals surface area contributed by atoms with Crippen LogP contribution < -0.4 is 62.6 Å². The highest BCUT2D eigenvalue weighted by molar-refractivity contribution is 9.11. The Hall–Kier alpha value is -5.15. The van der Waals surface area contributed by atoms with Crippen LogP contribution in [0.2, 0.25) is 10.0 Å². The number of amides is 1. The minimum Gasteiger partial charge on any atom is -0.377 e. The van der Waals surface area contributed by atoms with Crippen LogP contribution in [-0.4, -0.2) is 124 Å². The number of anilines is 8. The Morgan fingerprint density at radius 3 is 1.49 bits per heavy atom. The number of nitrogens with one attached hydrogen (secondary N) is 9. The third-order valence-electron chi connectivity index (χ3n) is 10.6.